The monoisotopic (exact) mass is 468 g/mol. The van der Waals surface area contributed by atoms with Gasteiger partial charge in [0.15, 0.2) is 8.32 Å². The normalized spacial score (nSPS) is 32.8. The van der Waals surface area contributed by atoms with E-state index in [1.165, 1.54) is 6.08 Å². The van der Waals surface area contributed by atoms with Crippen LogP contribution < -0.4 is 10.6 Å². The molecule has 3 rings (SSSR count). The average Bonchev–Trinajstić information content (AvgIpc) is 3.42. The topological polar surface area (TPSA) is 98.4 Å². The molecule has 2 aliphatic heterocycles. The Labute approximate surface area is 192 Å². The van der Waals surface area contributed by atoms with Gasteiger partial charge in [0.2, 0.25) is 5.91 Å². The van der Waals surface area contributed by atoms with Crippen LogP contribution in [0.2, 0.25) is 18.1 Å². The van der Waals surface area contributed by atoms with Crippen LogP contribution in [0.1, 0.15) is 47.0 Å². The maximum Gasteiger partial charge on any atom is 0.407 e. The lowest BCUT2D eigenvalue weighted by Gasteiger charge is -2.49. The van der Waals surface area contributed by atoms with Crippen LogP contribution in [0.15, 0.2) is 12.7 Å². The van der Waals surface area contributed by atoms with E-state index in [1.807, 2.05) is 6.92 Å². The first-order valence-corrected chi connectivity index (χ1v) is 14.6. The van der Waals surface area contributed by atoms with Gasteiger partial charge in [0.05, 0.1) is 36.9 Å². The van der Waals surface area contributed by atoms with Gasteiger partial charge in [-0.05, 0) is 44.3 Å². The molecule has 8 nitrogen and oxygen atoms in total. The van der Waals surface area contributed by atoms with Crippen LogP contribution in [-0.2, 0) is 23.4 Å². The van der Waals surface area contributed by atoms with Crippen LogP contribution >= 0.6 is 0 Å². The average molecular weight is 469 g/mol. The second kappa shape index (κ2) is 9.44. The minimum absolute atomic E-state index is 0.0285. The lowest BCUT2D eigenvalue weighted by atomic mass is 9.70. The van der Waals surface area contributed by atoms with E-state index in [2.05, 4.69) is 51.1 Å². The molecule has 2 amide bonds. The van der Waals surface area contributed by atoms with Crippen LogP contribution in [0.5, 0.6) is 0 Å². The number of ether oxygens (including phenoxy) is 3. The largest absolute Gasteiger partial charge is 0.445 e. The van der Waals surface area contributed by atoms with Crippen molar-refractivity contribution in [2.45, 2.75) is 95.0 Å². The number of nitrogens with one attached hydrogen (secondary N) is 2. The molecule has 0 aromatic rings. The molecule has 1 aliphatic carbocycles. The molecule has 1 unspecified atom stereocenters. The highest BCUT2D eigenvalue weighted by Crippen LogP contribution is 2.55. The molecular weight excluding hydrogens is 428 g/mol. The number of amides is 2. The van der Waals surface area contributed by atoms with Crippen molar-refractivity contribution in [2.24, 2.45) is 5.92 Å². The second-order valence-corrected chi connectivity index (χ2v) is 15.4. The molecule has 3 aliphatic rings. The number of carbonyl (C=O) groups is 2. The summed E-state index contributed by atoms with van der Waals surface area (Å²) in [7, 11) is -2.01. The highest BCUT2D eigenvalue weighted by atomic mass is 28.4. The fraction of sp³-hybridized carbons (Fsp3) is 0.826. The fourth-order valence-corrected chi connectivity index (χ4v) is 6.14. The first kappa shape index (κ1) is 25.2. The maximum atomic E-state index is 12.6. The zero-order valence-electron chi connectivity index (χ0n) is 20.4. The summed E-state index contributed by atoms with van der Waals surface area (Å²) in [5, 5.41) is 5.85. The first-order chi connectivity index (χ1) is 14.9. The van der Waals surface area contributed by atoms with Crippen molar-refractivity contribution in [1.82, 2.24) is 10.6 Å². The molecule has 0 spiro atoms. The minimum atomic E-state index is -2.01. The summed E-state index contributed by atoms with van der Waals surface area (Å²) in [6.07, 6.45) is 3.68. The van der Waals surface area contributed by atoms with Crippen LogP contribution in [-0.4, -0.2) is 70.0 Å². The molecule has 2 saturated heterocycles. The van der Waals surface area contributed by atoms with Crippen LogP contribution in [0.3, 0.4) is 0 Å². The molecule has 182 valence electrons. The third-order valence-electron chi connectivity index (χ3n) is 7.49. The summed E-state index contributed by atoms with van der Waals surface area (Å²) < 4.78 is 23.9. The number of epoxide rings is 1. The molecule has 1 saturated carbocycles. The van der Waals surface area contributed by atoms with Crippen molar-refractivity contribution in [2.75, 3.05) is 19.8 Å². The number of hydrogen-bond acceptors (Lipinski definition) is 6. The van der Waals surface area contributed by atoms with E-state index >= 15 is 0 Å². The van der Waals surface area contributed by atoms with Crippen molar-refractivity contribution in [3.63, 3.8) is 0 Å². The Morgan fingerprint density at radius 3 is 2.75 bits per heavy atom. The summed E-state index contributed by atoms with van der Waals surface area (Å²) in [5.41, 5.74) is -0.495. The number of β-lactam (4-membered cyclic amide) rings is 1. The minimum Gasteiger partial charge on any atom is -0.445 e. The maximum absolute atomic E-state index is 12.6. The Morgan fingerprint density at radius 2 is 2.12 bits per heavy atom. The molecule has 2 N–H and O–H groups in total. The highest BCUT2D eigenvalue weighted by Gasteiger charge is 2.73. The molecule has 32 heavy (non-hydrogen) atoms. The zero-order valence-corrected chi connectivity index (χ0v) is 21.4. The number of alkyl carbamates (subject to hydrolysis) is 1. The molecule has 3 fully saturated rings. The van der Waals surface area contributed by atoms with Crippen LogP contribution in [0, 0.1) is 5.92 Å². The van der Waals surface area contributed by atoms with Crippen molar-refractivity contribution in [3.05, 3.63) is 12.7 Å². The third-order valence-corrected chi connectivity index (χ3v) is 12.1. The zero-order chi connectivity index (χ0) is 23.7. The molecule has 9 heteroatoms. The molecule has 2 heterocycles. The lowest BCUT2D eigenvalue weighted by Crippen LogP contribution is -2.72. The van der Waals surface area contributed by atoms with E-state index in [-0.39, 0.29) is 47.8 Å². The Bertz CT molecular complexity index is 724. The van der Waals surface area contributed by atoms with E-state index in [1.54, 1.807) is 0 Å². The molecule has 0 aromatic heterocycles. The van der Waals surface area contributed by atoms with Gasteiger partial charge in [-0.1, -0.05) is 33.4 Å². The third kappa shape index (κ3) is 4.90. The van der Waals surface area contributed by atoms with E-state index in [0.717, 1.165) is 19.3 Å². The summed E-state index contributed by atoms with van der Waals surface area (Å²) in [4.78, 5) is 24.2. The Morgan fingerprint density at radius 1 is 1.41 bits per heavy atom. The molecule has 6 atom stereocenters. The van der Waals surface area contributed by atoms with E-state index in [4.69, 9.17) is 18.6 Å². The van der Waals surface area contributed by atoms with Crippen molar-refractivity contribution in [1.29, 1.82) is 0 Å². The highest BCUT2D eigenvalue weighted by molar-refractivity contribution is 6.74. The van der Waals surface area contributed by atoms with E-state index in [0.29, 0.717) is 13.2 Å². The van der Waals surface area contributed by atoms with Gasteiger partial charge in [-0.3, -0.25) is 4.79 Å². The van der Waals surface area contributed by atoms with Gasteiger partial charge < -0.3 is 29.3 Å². The van der Waals surface area contributed by atoms with E-state index < -0.39 is 20.0 Å². The molecular formula is C23H40N2O6Si. The predicted octanol–water partition coefficient (Wildman–Crippen LogP) is 3.13. The van der Waals surface area contributed by atoms with Gasteiger partial charge in [0.1, 0.15) is 12.2 Å². The second-order valence-electron chi connectivity index (χ2n) is 10.7. The quantitative estimate of drug-likeness (QED) is 0.168. The molecule has 0 aromatic carbocycles. The van der Waals surface area contributed by atoms with E-state index in [9.17, 15) is 9.59 Å². The van der Waals surface area contributed by atoms with Crippen LogP contribution in [0.25, 0.3) is 0 Å². The molecule has 0 radical (unpaired) electrons. The lowest BCUT2D eigenvalue weighted by molar-refractivity contribution is -0.147. The van der Waals surface area contributed by atoms with Crippen LogP contribution in [0.4, 0.5) is 4.79 Å². The Kier molecular flexibility index (Phi) is 7.44. The number of rotatable bonds is 10. The summed E-state index contributed by atoms with van der Waals surface area (Å²) in [6.45, 7) is 17.4. The smallest absolute Gasteiger partial charge is 0.407 e. The van der Waals surface area contributed by atoms with Gasteiger partial charge in [-0.2, -0.15) is 0 Å². The van der Waals surface area contributed by atoms with Crippen molar-refractivity contribution < 1.29 is 28.2 Å². The van der Waals surface area contributed by atoms with Gasteiger partial charge in [-0.15, -0.1) is 0 Å². The van der Waals surface area contributed by atoms with Gasteiger partial charge in [0.25, 0.3) is 0 Å². The summed E-state index contributed by atoms with van der Waals surface area (Å²) >= 11 is 0. The summed E-state index contributed by atoms with van der Waals surface area (Å²) in [6, 6.07) is -0.115. The number of carbonyl (C=O) groups excluding carboxylic acids is 2. The van der Waals surface area contributed by atoms with Crippen molar-refractivity contribution >= 4 is 20.3 Å². The van der Waals surface area contributed by atoms with Gasteiger partial charge in [0, 0.05) is 6.54 Å². The number of hydrogen-bond donors (Lipinski definition) is 2. The molecule has 0 bridgehead atoms. The number of fused-ring (bicyclic) bond motifs is 1. The first-order valence-electron chi connectivity index (χ1n) is 11.7. The van der Waals surface area contributed by atoms with Gasteiger partial charge in [-0.25, -0.2) is 4.79 Å². The van der Waals surface area contributed by atoms with Gasteiger partial charge >= 0.3 is 6.09 Å². The summed E-state index contributed by atoms with van der Waals surface area (Å²) in [5.74, 6) is -0.217. The SMILES string of the molecule is C=CCOC(=O)NCCOC1CCC[C@@H]2O[C@@]12[C@@H]1NC(=O)[C@@H]1[C@@H](C)O[Si](C)(C)C(C)(C)C. The van der Waals surface area contributed by atoms with Crippen molar-refractivity contribution in [3.8, 4) is 0 Å². The Balaban J connectivity index is 1.60. The predicted molar refractivity (Wildman–Crippen MR) is 124 cm³/mol. The fourth-order valence-electron chi connectivity index (χ4n) is 4.71. The standard InChI is InChI=1S/C23H40N2O6Si/c1-8-13-29-21(27)24-12-14-28-16-10-9-11-17-23(16,30-17)19-18(20(26)25-19)15(2)31-32(6,7)22(3,4)5/h8,15-19H,1,9-14H2,2-7H3,(H,24,27)(H,25,26)/t15-,16?,17+,18-,19-,23+/m1/s1. The Hall–Kier alpha value is -1.42.